The largest absolute Gasteiger partial charge is 0.338 e. The van der Waals surface area contributed by atoms with Crippen molar-refractivity contribution in [3.8, 4) is 11.3 Å². The van der Waals surface area contributed by atoms with E-state index in [1.807, 2.05) is 24.3 Å². The Hall–Kier alpha value is -3.13. The van der Waals surface area contributed by atoms with Gasteiger partial charge in [-0.25, -0.2) is 8.42 Å². The van der Waals surface area contributed by atoms with Gasteiger partial charge >= 0.3 is 0 Å². The van der Waals surface area contributed by atoms with Crippen molar-refractivity contribution in [3.05, 3.63) is 65.7 Å². The number of aryl methyl sites for hydroxylation is 1. The SMILES string of the molecule is CCc1ccc(-c2cc(NC(=O)c3cccc(N4CCCS4(=O)=O)c3)on2)cc1. The van der Waals surface area contributed by atoms with Crippen molar-refractivity contribution in [2.24, 2.45) is 0 Å². The van der Waals surface area contributed by atoms with E-state index in [4.69, 9.17) is 4.52 Å². The molecular weight excluding hydrogens is 390 g/mol. The van der Waals surface area contributed by atoms with Crippen LogP contribution < -0.4 is 9.62 Å². The van der Waals surface area contributed by atoms with Crippen molar-refractivity contribution in [1.29, 1.82) is 0 Å². The molecule has 1 fully saturated rings. The van der Waals surface area contributed by atoms with Gasteiger partial charge in [-0.3, -0.25) is 14.4 Å². The molecule has 0 bridgehead atoms. The van der Waals surface area contributed by atoms with Crippen LogP contribution >= 0.6 is 0 Å². The van der Waals surface area contributed by atoms with E-state index in [0.29, 0.717) is 29.9 Å². The molecule has 1 aromatic heterocycles. The molecule has 8 heteroatoms. The Labute approximate surface area is 169 Å². The standard InChI is InChI=1S/C21H21N3O4S/c1-2-15-7-9-16(10-8-15)19-14-20(28-23-19)22-21(25)17-5-3-6-18(13-17)24-11-4-12-29(24,26)27/h3,5-10,13-14H,2,4,11-12H2,1H3,(H,22,25). The molecule has 150 valence electrons. The van der Waals surface area contributed by atoms with E-state index in [1.165, 1.54) is 9.87 Å². The summed E-state index contributed by atoms with van der Waals surface area (Å²) in [7, 11) is -3.30. The van der Waals surface area contributed by atoms with E-state index in [2.05, 4.69) is 17.4 Å². The number of nitrogens with one attached hydrogen (secondary N) is 1. The third-order valence-corrected chi connectivity index (χ3v) is 6.77. The topological polar surface area (TPSA) is 92.5 Å². The lowest BCUT2D eigenvalue weighted by Crippen LogP contribution is -2.25. The molecule has 0 spiro atoms. The second kappa shape index (κ2) is 7.71. The predicted octanol–water partition coefficient (Wildman–Crippen LogP) is 3.70. The van der Waals surface area contributed by atoms with Crippen molar-refractivity contribution in [2.45, 2.75) is 19.8 Å². The lowest BCUT2D eigenvalue weighted by Gasteiger charge is -2.17. The van der Waals surface area contributed by atoms with Gasteiger partial charge in [0.2, 0.25) is 15.9 Å². The lowest BCUT2D eigenvalue weighted by atomic mass is 10.1. The van der Waals surface area contributed by atoms with Gasteiger partial charge in [0.25, 0.3) is 5.91 Å². The maximum atomic E-state index is 12.6. The van der Waals surface area contributed by atoms with Gasteiger partial charge < -0.3 is 4.52 Å². The maximum absolute atomic E-state index is 12.6. The predicted molar refractivity (Wildman–Crippen MR) is 111 cm³/mol. The minimum absolute atomic E-state index is 0.128. The Morgan fingerprint density at radius 1 is 1.17 bits per heavy atom. The number of hydrogen-bond acceptors (Lipinski definition) is 5. The van der Waals surface area contributed by atoms with E-state index in [0.717, 1.165) is 12.0 Å². The van der Waals surface area contributed by atoms with Crippen LogP contribution in [0.4, 0.5) is 11.6 Å². The first-order valence-electron chi connectivity index (χ1n) is 9.44. The Bertz CT molecular complexity index is 1140. The fourth-order valence-electron chi connectivity index (χ4n) is 3.30. The van der Waals surface area contributed by atoms with Crippen LogP contribution in [0.25, 0.3) is 11.3 Å². The summed E-state index contributed by atoms with van der Waals surface area (Å²) in [5.41, 5.74) is 3.58. The van der Waals surface area contributed by atoms with Crippen LogP contribution in [0.1, 0.15) is 29.3 Å². The van der Waals surface area contributed by atoms with Crippen molar-refractivity contribution >= 4 is 27.5 Å². The minimum atomic E-state index is -3.30. The molecule has 2 heterocycles. The number of carbonyl (C=O) groups is 1. The van der Waals surface area contributed by atoms with Gasteiger partial charge in [0.05, 0.1) is 11.4 Å². The highest BCUT2D eigenvalue weighted by atomic mass is 32.2. The first-order chi connectivity index (χ1) is 14.0. The first kappa shape index (κ1) is 19.2. The lowest BCUT2D eigenvalue weighted by molar-refractivity contribution is 0.102. The van der Waals surface area contributed by atoms with Crippen LogP contribution in [0.5, 0.6) is 0 Å². The highest BCUT2D eigenvalue weighted by Crippen LogP contribution is 2.26. The fraction of sp³-hybridized carbons (Fsp3) is 0.238. The van der Waals surface area contributed by atoms with Crippen LogP contribution in [0.15, 0.2) is 59.1 Å². The number of carbonyl (C=O) groups excluding carboxylic acids is 1. The molecule has 1 aliphatic rings. The summed E-state index contributed by atoms with van der Waals surface area (Å²) in [6.07, 6.45) is 1.54. The summed E-state index contributed by atoms with van der Waals surface area (Å²) in [5, 5.41) is 6.68. The van der Waals surface area contributed by atoms with Crippen molar-refractivity contribution in [2.75, 3.05) is 21.9 Å². The highest BCUT2D eigenvalue weighted by molar-refractivity contribution is 7.93. The van der Waals surface area contributed by atoms with Gasteiger partial charge in [-0.05, 0) is 36.6 Å². The average molecular weight is 411 g/mol. The molecule has 4 rings (SSSR count). The van der Waals surface area contributed by atoms with E-state index in [9.17, 15) is 13.2 Å². The number of nitrogens with zero attached hydrogens (tertiary/aromatic N) is 2. The number of rotatable bonds is 5. The summed E-state index contributed by atoms with van der Waals surface area (Å²) in [6, 6.07) is 16.2. The summed E-state index contributed by atoms with van der Waals surface area (Å²) >= 11 is 0. The number of sulfonamides is 1. The van der Waals surface area contributed by atoms with E-state index >= 15 is 0 Å². The molecular formula is C21H21N3O4S. The summed E-state index contributed by atoms with van der Waals surface area (Å²) in [6.45, 7) is 2.52. The van der Waals surface area contributed by atoms with Gasteiger partial charge in [-0.1, -0.05) is 42.4 Å². The molecule has 1 saturated heterocycles. The first-order valence-corrected chi connectivity index (χ1v) is 11.0. The van der Waals surface area contributed by atoms with E-state index in [-0.39, 0.29) is 11.6 Å². The summed E-state index contributed by atoms with van der Waals surface area (Å²) in [4.78, 5) is 12.6. The second-order valence-electron chi connectivity index (χ2n) is 6.87. The van der Waals surface area contributed by atoms with Gasteiger partial charge in [0.15, 0.2) is 0 Å². The van der Waals surface area contributed by atoms with Gasteiger partial charge in [0.1, 0.15) is 5.69 Å². The minimum Gasteiger partial charge on any atom is -0.338 e. The van der Waals surface area contributed by atoms with Crippen LogP contribution in [0.3, 0.4) is 0 Å². The fourth-order valence-corrected chi connectivity index (χ4v) is 4.85. The Kier molecular flexibility index (Phi) is 5.10. The van der Waals surface area contributed by atoms with Crippen molar-refractivity contribution < 1.29 is 17.7 Å². The van der Waals surface area contributed by atoms with Gasteiger partial charge in [-0.15, -0.1) is 0 Å². The molecule has 1 amide bonds. The Morgan fingerprint density at radius 2 is 1.97 bits per heavy atom. The van der Waals surface area contributed by atoms with E-state index in [1.54, 1.807) is 30.3 Å². The molecule has 1 aliphatic heterocycles. The second-order valence-corrected chi connectivity index (χ2v) is 8.89. The van der Waals surface area contributed by atoms with Gasteiger partial charge in [0, 0.05) is 23.7 Å². The molecule has 7 nitrogen and oxygen atoms in total. The third kappa shape index (κ3) is 4.02. The van der Waals surface area contributed by atoms with Gasteiger partial charge in [-0.2, -0.15) is 0 Å². The quantitative estimate of drug-likeness (QED) is 0.691. The molecule has 0 saturated carbocycles. The normalized spacial score (nSPS) is 15.4. The number of anilines is 2. The van der Waals surface area contributed by atoms with Crippen LogP contribution in [-0.2, 0) is 16.4 Å². The molecule has 0 unspecified atom stereocenters. The smallest absolute Gasteiger partial charge is 0.258 e. The zero-order chi connectivity index (χ0) is 20.4. The van der Waals surface area contributed by atoms with E-state index < -0.39 is 15.9 Å². The molecule has 0 radical (unpaired) electrons. The molecule has 29 heavy (non-hydrogen) atoms. The molecule has 1 N–H and O–H groups in total. The highest BCUT2D eigenvalue weighted by Gasteiger charge is 2.28. The average Bonchev–Trinajstić information content (AvgIpc) is 3.34. The summed E-state index contributed by atoms with van der Waals surface area (Å²) in [5.74, 6) is -0.0417. The molecule has 0 aliphatic carbocycles. The Morgan fingerprint density at radius 3 is 2.66 bits per heavy atom. The van der Waals surface area contributed by atoms with Crippen LogP contribution in [0.2, 0.25) is 0 Å². The summed E-state index contributed by atoms with van der Waals surface area (Å²) < 4.78 is 30.8. The van der Waals surface area contributed by atoms with Crippen molar-refractivity contribution in [1.82, 2.24) is 5.16 Å². The number of amides is 1. The van der Waals surface area contributed by atoms with Crippen LogP contribution in [-0.4, -0.2) is 31.8 Å². The zero-order valence-electron chi connectivity index (χ0n) is 16.0. The van der Waals surface area contributed by atoms with Crippen LogP contribution in [0, 0.1) is 0 Å². The number of benzene rings is 2. The zero-order valence-corrected chi connectivity index (χ0v) is 16.8. The molecule has 3 aromatic rings. The number of aromatic nitrogens is 1. The maximum Gasteiger partial charge on any atom is 0.258 e. The third-order valence-electron chi connectivity index (χ3n) is 4.90. The van der Waals surface area contributed by atoms with Crippen molar-refractivity contribution in [3.63, 3.8) is 0 Å². The Balaban J connectivity index is 1.50. The monoisotopic (exact) mass is 411 g/mol. The molecule has 0 atom stereocenters. The molecule has 2 aromatic carbocycles. The number of hydrogen-bond donors (Lipinski definition) is 1.